The molecule has 92 valence electrons. The molecule has 0 spiro atoms. The summed E-state index contributed by atoms with van der Waals surface area (Å²) in [6.07, 6.45) is 0.973. The molecule has 2 unspecified atom stereocenters. The van der Waals surface area contributed by atoms with Crippen LogP contribution in [0.1, 0.15) is 23.7 Å². The molecule has 1 aliphatic carbocycles. The first-order chi connectivity index (χ1) is 8.08. The largest absolute Gasteiger partial charge is 0.496 e. The van der Waals surface area contributed by atoms with Gasteiger partial charge in [0.25, 0.3) is 0 Å². The Morgan fingerprint density at radius 3 is 2.35 bits per heavy atom. The molecular weight excluding hydrogens is 284 g/mol. The highest BCUT2D eigenvalue weighted by Crippen LogP contribution is 2.43. The van der Waals surface area contributed by atoms with E-state index in [1.54, 1.807) is 26.4 Å². The number of rotatable bonds is 4. The number of ether oxygens (including phenoxy) is 2. The molecule has 0 saturated heterocycles. The molecule has 0 amide bonds. The minimum Gasteiger partial charge on any atom is -0.496 e. The fourth-order valence-corrected chi connectivity index (χ4v) is 2.42. The third-order valence-corrected chi connectivity index (χ3v) is 3.81. The first-order valence-corrected chi connectivity index (χ1v) is 6.33. The highest BCUT2D eigenvalue weighted by molar-refractivity contribution is 9.10. The van der Waals surface area contributed by atoms with Gasteiger partial charge in [-0.3, -0.25) is 4.79 Å². The minimum absolute atomic E-state index is 0.148. The number of methoxy groups -OCH3 is 2. The van der Waals surface area contributed by atoms with Crippen molar-refractivity contribution in [2.45, 2.75) is 13.3 Å². The van der Waals surface area contributed by atoms with E-state index in [-0.39, 0.29) is 11.7 Å². The van der Waals surface area contributed by atoms with Crippen LogP contribution in [0.15, 0.2) is 16.6 Å². The third-order valence-electron chi connectivity index (χ3n) is 3.19. The van der Waals surface area contributed by atoms with Crippen LogP contribution in [0.25, 0.3) is 0 Å². The quantitative estimate of drug-likeness (QED) is 0.800. The van der Waals surface area contributed by atoms with Crippen LogP contribution in [-0.2, 0) is 0 Å². The number of hydrogen-bond acceptors (Lipinski definition) is 3. The second-order valence-electron chi connectivity index (χ2n) is 4.37. The van der Waals surface area contributed by atoms with E-state index in [9.17, 15) is 4.79 Å². The van der Waals surface area contributed by atoms with Gasteiger partial charge in [-0.15, -0.1) is 0 Å². The van der Waals surface area contributed by atoms with Gasteiger partial charge in [0.05, 0.1) is 24.3 Å². The average molecular weight is 299 g/mol. The number of ketones is 1. The van der Waals surface area contributed by atoms with E-state index in [0.29, 0.717) is 23.0 Å². The summed E-state index contributed by atoms with van der Waals surface area (Å²) >= 11 is 3.38. The van der Waals surface area contributed by atoms with Crippen molar-refractivity contribution in [1.82, 2.24) is 0 Å². The molecule has 0 radical (unpaired) electrons. The summed E-state index contributed by atoms with van der Waals surface area (Å²) in [6.45, 7) is 2.09. The van der Waals surface area contributed by atoms with Crippen LogP contribution >= 0.6 is 15.9 Å². The maximum Gasteiger partial charge on any atom is 0.170 e. The second-order valence-corrected chi connectivity index (χ2v) is 5.23. The maximum absolute atomic E-state index is 12.2. The Labute approximate surface area is 109 Å². The summed E-state index contributed by atoms with van der Waals surface area (Å²) in [6, 6.07) is 3.52. The van der Waals surface area contributed by atoms with Crippen molar-refractivity contribution in [2.24, 2.45) is 11.8 Å². The van der Waals surface area contributed by atoms with E-state index in [4.69, 9.17) is 9.47 Å². The van der Waals surface area contributed by atoms with E-state index in [2.05, 4.69) is 22.9 Å². The molecule has 0 heterocycles. The fraction of sp³-hybridized carbons (Fsp3) is 0.462. The maximum atomic E-state index is 12.2. The molecule has 0 aromatic heterocycles. The number of carbonyl (C=O) groups is 1. The highest BCUT2D eigenvalue weighted by atomic mass is 79.9. The third kappa shape index (κ3) is 2.32. The van der Waals surface area contributed by atoms with Crippen LogP contribution in [0.4, 0.5) is 0 Å². The lowest BCUT2D eigenvalue weighted by Gasteiger charge is -2.11. The lowest BCUT2D eigenvalue weighted by atomic mass is 10.0. The van der Waals surface area contributed by atoms with Crippen LogP contribution in [0.5, 0.6) is 11.5 Å². The molecule has 3 nitrogen and oxygen atoms in total. The molecule has 0 bridgehead atoms. The van der Waals surface area contributed by atoms with Crippen molar-refractivity contribution >= 4 is 21.7 Å². The Bertz CT molecular complexity index is 456. The topological polar surface area (TPSA) is 35.5 Å². The molecule has 17 heavy (non-hydrogen) atoms. The van der Waals surface area contributed by atoms with Gasteiger partial charge in [0.2, 0.25) is 0 Å². The van der Waals surface area contributed by atoms with E-state index in [0.717, 1.165) is 10.9 Å². The summed E-state index contributed by atoms with van der Waals surface area (Å²) in [4.78, 5) is 12.2. The Balaban J connectivity index is 2.40. The second kappa shape index (κ2) is 4.69. The van der Waals surface area contributed by atoms with E-state index in [1.165, 1.54) is 0 Å². The Kier molecular flexibility index (Phi) is 3.43. The molecule has 0 N–H and O–H groups in total. The minimum atomic E-state index is 0.148. The molecule has 1 aromatic rings. The van der Waals surface area contributed by atoms with Crippen molar-refractivity contribution in [1.29, 1.82) is 0 Å². The lowest BCUT2D eigenvalue weighted by Crippen LogP contribution is -2.06. The molecule has 1 fully saturated rings. The number of halogens is 1. The van der Waals surface area contributed by atoms with Gasteiger partial charge in [0.1, 0.15) is 11.5 Å². The average Bonchev–Trinajstić information content (AvgIpc) is 3.05. The normalized spacial score (nSPS) is 22.1. The predicted octanol–water partition coefficient (Wildman–Crippen LogP) is 3.31. The van der Waals surface area contributed by atoms with Crippen LogP contribution in [0.3, 0.4) is 0 Å². The van der Waals surface area contributed by atoms with Gasteiger partial charge < -0.3 is 9.47 Å². The highest BCUT2D eigenvalue weighted by Gasteiger charge is 2.40. The van der Waals surface area contributed by atoms with Gasteiger partial charge in [-0.2, -0.15) is 0 Å². The first-order valence-electron chi connectivity index (χ1n) is 5.54. The Morgan fingerprint density at radius 1 is 1.29 bits per heavy atom. The van der Waals surface area contributed by atoms with E-state index < -0.39 is 0 Å². The van der Waals surface area contributed by atoms with Gasteiger partial charge in [0.15, 0.2) is 5.78 Å². The lowest BCUT2D eigenvalue weighted by molar-refractivity contribution is 0.0959. The van der Waals surface area contributed by atoms with Gasteiger partial charge >= 0.3 is 0 Å². The zero-order valence-corrected chi connectivity index (χ0v) is 11.7. The number of hydrogen-bond donors (Lipinski definition) is 0. The van der Waals surface area contributed by atoms with Crippen molar-refractivity contribution < 1.29 is 14.3 Å². The monoisotopic (exact) mass is 298 g/mol. The SMILES string of the molecule is COc1cc(C(=O)C2CC2C)c(OC)cc1Br. The first kappa shape index (κ1) is 12.4. The summed E-state index contributed by atoms with van der Waals surface area (Å²) < 4.78 is 11.3. The van der Waals surface area contributed by atoms with Gasteiger partial charge in [-0.1, -0.05) is 6.92 Å². The predicted molar refractivity (Wildman–Crippen MR) is 68.8 cm³/mol. The van der Waals surface area contributed by atoms with Gasteiger partial charge in [-0.25, -0.2) is 0 Å². The zero-order valence-electron chi connectivity index (χ0n) is 10.1. The van der Waals surface area contributed by atoms with Gasteiger partial charge in [0, 0.05) is 5.92 Å². The molecule has 2 rings (SSSR count). The summed E-state index contributed by atoms with van der Waals surface area (Å²) in [5, 5.41) is 0. The fourth-order valence-electron chi connectivity index (χ4n) is 1.94. The smallest absolute Gasteiger partial charge is 0.170 e. The summed E-state index contributed by atoms with van der Waals surface area (Å²) in [5.74, 6) is 2.04. The van der Waals surface area contributed by atoms with Gasteiger partial charge in [-0.05, 0) is 40.4 Å². The molecule has 1 aromatic carbocycles. The summed E-state index contributed by atoms with van der Waals surface area (Å²) in [7, 11) is 3.15. The molecular formula is C13H15BrO3. The Morgan fingerprint density at radius 2 is 1.88 bits per heavy atom. The molecule has 2 atom stereocenters. The standard InChI is InChI=1S/C13H15BrO3/c1-7-4-8(7)13(15)9-5-12(17-3)10(14)6-11(9)16-2/h5-8H,4H2,1-3H3. The molecule has 4 heteroatoms. The van der Waals surface area contributed by atoms with Crippen molar-refractivity contribution in [3.8, 4) is 11.5 Å². The Hall–Kier alpha value is -1.03. The van der Waals surface area contributed by atoms with Crippen molar-refractivity contribution in [3.05, 3.63) is 22.2 Å². The van der Waals surface area contributed by atoms with Crippen molar-refractivity contribution in [3.63, 3.8) is 0 Å². The van der Waals surface area contributed by atoms with E-state index in [1.807, 2.05) is 0 Å². The van der Waals surface area contributed by atoms with Crippen LogP contribution in [0.2, 0.25) is 0 Å². The molecule has 1 saturated carbocycles. The zero-order chi connectivity index (χ0) is 12.6. The van der Waals surface area contributed by atoms with Crippen LogP contribution in [-0.4, -0.2) is 20.0 Å². The summed E-state index contributed by atoms with van der Waals surface area (Å²) in [5.41, 5.74) is 0.613. The number of Topliss-reactive ketones (excluding diaryl/α,β-unsaturated/α-hetero) is 1. The van der Waals surface area contributed by atoms with Crippen LogP contribution in [0, 0.1) is 11.8 Å². The molecule has 1 aliphatic rings. The van der Waals surface area contributed by atoms with E-state index >= 15 is 0 Å². The molecule has 0 aliphatic heterocycles. The van der Waals surface area contributed by atoms with Crippen molar-refractivity contribution in [2.75, 3.05) is 14.2 Å². The van der Waals surface area contributed by atoms with Crippen LogP contribution < -0.4 is 9.47 Å². The number of carbonyl (C=O) groups excluding carboxylic acids is 1. The number of benzene rings is 1.